The first-order chi connectivity index (χ1) is 30.2. The highest BCUT2D eigenvalue weighted by molar-refractivity contribution is 6.03. The molecule has 7 atom stereocenters. The SMILES string of the molecule is C=CCOC12Oc3ccc(Oc4cccc([N+](=O)[O-])c4)cc3C3C(CCCCO)C(CCCCO)C=C(C(=NOC4CCCCO4)CC1N(Cc1ccc(F)cc1)C(=O)OC)C32. The van der Waals surface area contributed by atoms with E-state index in [0.29, 0.717) is 55.1 Å². The molecule has 15 heteroatoms. The van der Waals surface area contributed by atoms with E-state index in [4.69, 9.17) is 33.7 Å². The van der Waals surface area contributed by atoms with Crippen molar-refractivity contribution in [2.24, 2.45) is 22.9 Å². The summed E-state index contributed by atoms with van der Waals surface area (Å²) in [7, 11) is 1.31. The lowest BCUT2D eigenvalue weighted by Gasteiger charge is -2.59. The Hall–Kier alpha value is -5.35. The molecule has 2 aliphatic carbocycles. The summed E-state index contributed by atoms with van der Waals surface area (Å²) in [6, 6.07) is 16.5. The Morgan fingerprint density at radius 3 is 2.53 bits per heavy atom. The van der Waals surface area contributed by atoms with Crippen LogP contribution >= 0.6 is 0 Å². The lowest BCUT2D eigenvalue weighted by atomic mass is 9.55. The van der Waals surface area contributed by atoms with Gasteiger partial charge in [0.05, 0.1) is 42.9 Å². The first-order valence-corrected chi connectivity index (χ1v) is 21.6. The lowest BCUT2D eigenvalue weighted by Crippen LogP contribution is -2.70. The van der Waals surface area contributed by atoms with Gasteiger partial charge in [-0.15, -0.1) is 6.58 Å². The quantitative estimate of drug-likeness (QED) is 0.0510. The highest BCUT2D eigenvalue weighted by Gasteiger charge is 2.65. The summed E-state index contributed by atoms with van der Waals surface area (Å²) in [5.74, 6) is -1.85. The van der Waals surface area contributed by atoms with Crippen LogP contribution < -0.4 is 9.47 Å². The molecule has 0 spiro atoms. The van der Waals surface area contributed by atoms with Gasteiger partial charge in [-0.05, 0) is 97.9 Å². The first kappa shape index (κ1) is 44.7. The number of oxime groups is 1. The van der Waals surface area contributed by atoms with Crippen molar-refractivity contribution in [3.05, 3.63) is 118 Å². The molecule has 14 nitrogen and oxygen atoms in total. The van der Waals surface area contributed by atoms with Crippen LogP contribution in [0, 0.1) is 33.7 Å². The minimum atomic E-state index is -1.57. The molecule has 0 bridgehead atoms. The number of aliphatic hydroxyl groups is 2. The molecule has 62 heavy (non-hydrogen) atoms. The van der Waals surface area contributed by atoms with Crippen LogP contribution in [0.25, 0.3) is 0 Å². The van der Waals surface area contributed by atoms with Crippen molar-refractivity contribution in [1.82, 2.24) is 4.90 Å². The number of ether oxygens (including phenoxy) is 5. The molecule has 4 aliphatic rings. The van der Waals surface area contributed by atoms with E-state index in [1.807, 2.05) is 6.07 Å². The molecule has 2 heterocycles. The number of nitro benzene ring substituents is 1. The molecule has 332 valence electrons. The van der Waals surface area contributed by atoms with Gasteiger partial charge in [0.2, 0.25) is 12.1 Å². The molecular weight excluding hydrogens is 802 g/mol. The van der Waals surface area contributed by atoms with Crippen molar-refractivity contribution in [3.63, 3.8) is 0 Å². The van der Waals surface area contributed by atoms with Gasteiger partial charge in [-0.1, -0.05) is 48.3 Å². The Morgan fingerprint density at radius 2 is 1.82 bits per heavy atom. The molecule has 0 radical (unpaired) electrons. The van der Waals surface area contributed by atoms with Gasteiger partial charge in [0.15, 0.2) is 0 Å². The summed E-state index contributed by atoms with van der Waals surface area (Å²) in [4.78, 5) is 33.1. The molecule has 2 N–H and O–H groups in total. The number of aliphatic hydroxyl groups excluding tert-OH is 2. The standard InChI is InChI=1S/C47H56FN3O11/c1-3-24-59-47-42(50(46(54)57-2)30-31-16-18-33(48)19-17-31)29-40(49-62-43-15-6-9-25-58-43)38-26-32(11-4-7-22-52)37(14-5-8-23-53)44(45(38)47)39-28-36(20-21-41(39)61-47)60-35-13-10-12-34(27-35)51(55)56/h3,10,12-13,16-21,26-28,32,37,42-45,52-53H,1,4-9,11,14-15,22-25,29-30H2,2H3. The fourth-order valence-electron chi connectivity index (χ4n) is 9.63. The molecule has 0 aromatic heterocycles. The van der Waals surface area contributed by atoms with Crippen LogP contribution in [0.2, 0.25) is 0 Å². The monoisotopic (exact) mass is 857 g/mol. The number of amides is 1. The average Bonchev–Trinajstić information content (AvgIpc) is 3.29. The Bertz CT molecular complexity index is 2090. The van der Waals surface area contributed by atoms with Crippen LogP contribution in [0.5, 0.6) is 17.2 Å². The van der Waals surface area contributed by atoms with Crippen LogP contribution in [-0.2, 0) is 25.6 Å². The summed E-state index contributed by atoms with van der Waals surface area (Å²) in [5.41, 5.74) is 2.76. The number of carbonyl (C=O) groups is 1. The van der Waals surface area contributed by atoms with E-state index >= 15 is 0 Å². The van der Waals surface area contributed by atoms with E-state index < -0.39 is 40.9 Å². The van der Waals surface area contributed by atoms with Crippen molar-refractivity contribution in [1.29, 1.82) is 0 Å². The maximum atomic E-state index is 14.2. The number of halogens is 1. The second-order valence-electron chi connectivity index (χ2n) is 16.3. The van der Waals surface area contributed by atoms with E-state index in [9.17, 15) is 29.5 Å². The second-order valence-corrected chi connectivity index (χ2v) is 16.3. The third-order valence-corrected chi connectivity index (χ3v) is 12.4. The van der Waals surface area contributed by atoms with Gasteiger partial charge >= 0.3 is 6.09 Å². The molecule has 7 unspecified atom stereocenters. The lowest BCUT2D eigenvalue weighted by molar-refractivity contribution is -0.384. The van der Waals surface area contributed by atoms with E-state index in [0.717, 1.165) is 43.2 Å². The largest absolute Gasteiger partial charge is 0.459 e. The number of unbranched alkanes of at least 4 members (excludes halogenated alkanes) is 2. The smallest absolute Gasteiger partial charge is 0.410 e. The van der Waals surface area contributed by atoms with E-state index in [2.05, 4.69) is 12.7 Å². The maximum Gasteiger partial charge on any atom is 0.410 e. The number of nitrogens with zero attached hydrogens (tertiary/aromatic N) is 3. The third kappa shape index (κ3) is 9.81. The number of methoxy groups -OCH3 is 1. The molecule has 2 fully saturated rings. The van der Waals surface area contributed by atoms with Crippen LogP contribution in [0.4, 0.5) is 14.9 Å². The third-order valence-electron chi connectivity index (χ3n) is 12.4. The molecular formula is C47H56FN3O11. The van der Waals surface area contributed by atoms with Gasteiger partial charge in [-0.2, -0.15) is 0 Å². The van der Waals surface area contributed by atoms with Crippen molar-refractivity contribution in [2.75, 3.05) is 33.5 Å². The Morgan fingerprint density at radius 1 is 1.05 bits per heavy atom. The number of hydrogen-bond donors (Lipinski definition) is 2. The first-order valence-electron chi connectivity index (χ1n) is 21.6. The van der Waals surface area contributed by atoms with Crippen LogP contribution in [0.1, 0.15) is 81.3 Å². The van der Waals surface area contributed by atoms with Gasteiger partial charge in [-0.3, -0.25) is 15.0 Å². The molecule has 7 rings (SSSR count). The van der Waals surface area contributed by atoms with Gasteiger partial charge in [0.1, 0.15) is 29.1 Å². The normalized spacial score (nSPS) is 25.7. The van der Waals surface area contributed by atoms with E-state index in [1.54, 1.807) is 47.4 Å². The summed E-state index contributed by atoms with van der Waals surface area (Å²) in [5, 5.41) is 36.4. The summed E-state index contributed by atoms with van der Waals surface area (Å²) in [6.07, 6.45) is 9.43. The number of nitro groups is 1. The maximum absolute atomic E-state index is 14.2. The van der Waals surface area contributed by atoms with E-state index in [-0.39, 0.29) is 62.0 Å². The minimum absolute atomic E-state index is 0.0169. The van der Waals surface area contributed by atoms with Crippen molar-refractivity contribution in [3.8, 4) is 17.2 Å². The molecule has 1 amide bonds. The fraction of sp³-hybridized carbons (Fsp3) is 0.489. The highest BCUT2D eigenvalue weighted by Crippen LogP contribution is 2.62. The van der Waals surface area contributed by atoms with Crippen LogP contribution in [0.3, 0.4) is 0 Å². The zero-order chi connectivity index (χ0) is 43.6. The summed E-state index contributed by atoms with van der Waals surface area (Å²) >= 11 is 0. The zero-order valence-electron chi connectivity index (χ0n) is 35.1. The number of hydrogen-bond acceptors (Lipinski definition) is 12. The number of allylic oxidation sites excluding steroid dienone is 1. The van der Waals surface area contributed by atoms with Crippen molar-refractivity contribution >= 4 is 17.5 Å². The molecule has 3 aromatic carbocycles. The number of non-ortho nitro benzene ring substituents is 1. The van der Waals surface area contributed by atoms with Gasteiger partial charge in [0.25, 0.3) is 5.69 Å². The Kier molecular flexibility index (Phi) is 14.9. The van der Waals surface area contributed by atoms with Crippen molar-refractivity contribution < 1.29 is 52.8 Å². The molecule has 1 saturated heterocycles. The predicted molar refractivity (Wildman–Crippen MR) is 227 cm³/mol. The molecule has 1 saturated carbocycles. The summed E-state index contributed by atoms with van der Waals surface area (Å²) in [6.45, 7) is 4.68. The summed E-state index contributed by atoms with van der Waals surface area (Å²) < 4.78 is 46.2. The predicted octanol–water partition coefficient (Wildman–Crippen LogP) is 8.96. The van der Waals surface area contributed by atoms with Gasteiger partial charge in [-0.25, -0.2) is 9.18 Å². The Labute approximate surface area is 361 Å². The highest BCUT2D eigenvalue weighted by atomic mass is 19.1. The van der Waals surface area contributed by atoms with Gasteiger partial charge < -0.3 is 38.7 Å². The average molecular weight is 858 g/mol. The Balaban J connectivity index is 1.45. The number of fused-ring (bicyclic) bond motifs is 2. The minimum Gasteiger partial charge on any atom is -0.459 e. The zero-order valence-corrected chi connectivity index (χ0v) is 35.1. The van der Waals surface area contributed by atoms with Crippen LogP contribution in [0.15, 0.2) is 96.2 Å². The number of carbonyl (C=O) groups excluding carboxylic acids is 1. The second kappa shape index (κ2) is 20.7. The number of rotatable bonds is 19. The van der Waals surface area contributed by atoms with Crippen LogP contribution in [-0.4, -0.2) is 83.5 Å². The molecule has 3 aromatic rings. The van der Waals surface area contributed by atoms with E-state index in [1.165, 1.54) is 31.4 Å². The number of benzene rings is 3. The fourth-order valence-corrected chi connectivity index (χ4v) is 9.63. The topological polar surface area (TPSA) is 172 Å². The van der Waals surface area contributed by atoms with Gasteiger partial charge in [0, 0.05) is 50.1 Å². The van der Waals surface area contributed by atoms with Crippen molar-refractivity contribution in [2.45, 2.75) is 94.8 Å². The molecule has 2 aliphatic heterocycles.